The summed E-state index contributed by atoms with van der Waals surface area (Å²) in [5, 5.41) is 40.3. The fraction of sp³-hybridized carbons (Fsp3) is 0.550. The first-order valence-electron chi connectivity index (χ1n) is 11.3. The van der Waals surface area contributed by atoms with Crippen molar-refractivity contribution in [2.24, 2.45) is 45.1 Å². The van der Waals surface area contributed by atoms with Crippen molar-refractivity contribution in [1.82, 2.24) is 9.97 Å². The van der Waals surface area contributed by atoms with Gasteiger partial charge in [0, 0.05) is 30.6 Å². The number of aromatic amines is 1. The predicted molar refractivity (Wildman–Crippen MR) is 151 cm³/mol. The number of nitrogens with two attached hydrogens (primary N) is 7. The van der Waals surface area contributed by atoms with Crippen LogP contribution in [0.3, 0.4) is 0 Å². The first-order valence-corrected chi connectivity index (χ1v) is 12.0. The molecule has 0 radical (unpaired) electrons. The second-order valence-electron chi connectivity index (χ2n) is 7.47. The number of carboxylic acids is 5. The van der Waals surface area contributed by atoms with Gasteiger partial charge in [-0.1, -0.05) is 0 Å². The van der Waals surface area contributed by atoms with Gasteiger partial charge in [0.15, 0.2) is 5.96 Å². The maximum atomic E-state index is 10.3. The fourth-order valence-corrected chi connectivity index (χ4v) is 1.60. The molecule has 0 spiro atoms. The quantitative estimate of drug-likeness (QED) is 0.0457. The fourth-order valence-electron chi connectivity index (χ4n) is 1.44. The Hall–Kier alpha value is -4.02. The lowest BCUT2D eigenvalue weighted by Gasteiger charge is -2.03. The molecular weight excluding hydrogens is 572 g/mol. The molecule has 0 aliphatic carbocycles. The third kappa shape index (κ3) is 36.0. The number of nitrogens with one attached hydrogen (secondary N) is 1. The minimum absolute atomic E-state index is 0.0129. The highest BCUT2D eigenvalue weighted by molar-refractivity contribution is 7.80. The molecule has 0 aromatic carbocycles. The minimum Gasteiger partial charge on any atom is -0.480 e. The van der Waals surface area contributed by atoms with E-state index in [1.165, 1.54) is 13.3 Å². The van der Waals surface area contributed by atoms with E-state index in [0.29, 0.717) is 19.4 Å². The summed E-state index contributed by atoms with van der Waals surface area (Å²) in [6, 6.07) is -3.22. The number of aromatic nitrogens is 2. The topological polar surface area (TPSA) is 410 Å². The van der Waals surface area contributed by atoms with E-state index in [9.17, 15) is 24.0 Å². The van der Waals surface area contributed by atoms with Gasteiger partial charge in [0.25, 0.3) is 0 Å². The van der Waals surface area contributed by atoms with Gasteiger partial charge in [-0.05, 0) is 19.8 Å². The Balaban J connectivity index is -0.000000218. The number of rotatable bonds is 12. The van der Waals surface area contributed by atoms with Crippen LogP contribution in [-0.2, 0) is 30.4 Å². The number of nitrogens with zero attached hydrogens (tertiary/aromatic N) is 2. The number of hydrogen-bond donors (Lipinski definition) is 14. The van der Waals surface area contributed by atoms with Crippen LogP contribution in [0, 0.1) is 0 Å². The van der Waals surface area contributed by atoms with Crippen LogP contribution in [0.1, 0.15) is 25.5 Å². The highest BCUT2D eigenvalue weighted by Crippen LogP contribution is 1.95. The number of aliphatic carboxylic acids is 5. The SMILES string of the molecule is C[C@H](N)C(=O)O.NC(N)=NCCC[C@H](N)C(=O)O.NCC(=O)O.N[C@@H](CS)C(=O)O.N[C@@H](Cc1cnc[nH]1)C(=O)O. The van der Waals surface area contributed by atoms with Crippen molar-refractivity contribution >= 4 is 48.4 Å². The van der Waals surface area contributed by atoms with Crippen LogP contribution in [0.25, 0.3) is 0 Å². The molecule has 41 heavy (non-hydrogen) atoms. The zero-order valence-corrected chi connectivity index (χ0v) is 23.3. The number of H-pyrrole nitrogens is 1. The zero-order valence-electron chi connectivity index (χ0n) is 22.4. The molecular formula is C20H42N10O10S. The molecule has 1 aromatic heterocycles. The zero-order chi connectivity index (χ0) is 33.1. The van der Waals surface area contributed by atoms with E-state index >= 15 is 0 Å². The first-order chi connectivity index (χ1) is 18.8. The van der Waals surface area contributed by atoms with E-state index in [2.05, 4.69) is 33.3 Å². The van der Waals surface area contributed by atoms with Gasteiger partial charge in [-0.2, -0.15) is 12.6 Å². The third-order valence-corrected chi connectivity index (χ3v) is 4.07. The van der Waals surface area contributed by atoms with E-state index in [-0.39, 0.29) is 24.7 Å². The van der Waals surface area contributed by atoms with Crippen LogP contribution in [0.2, 0.25) is 0 Å². The van der Waals surface area contributed by atoms with Gasteiger partial charge in [-0.3, -0.25) is 29.0 Å². The maximum Gasteiger partial charge on any atom is 0.321 e. The molecule has 1 rings (SSSR count). The lowest BCUT2D eigenvalue weighted by atomic mass is 10.2. The molecule has 0 fully saturated rings. The number of carboxylic acid groups (broad SMARTS) is 5. The monoisotopic (exact) mass is 614 g/mol. The largest absolute Gasteiger partial charge is 0.480 e. The Labute approximate surface area is 240 Å². The second kappa shape index (κ2) is 27.5. The van der Waals surface area contributed by atoms with Crippen LogP contribution in [-0.4, -0.2) is 114 Å². The van der Waals surface area contributed by atoms with Crippen molar-refractivity contribution in [2.75, 3.05) is 18.8 Å². The molecule has 0 amide bonds. The average Bonchev–Trinajstić information content (AvgIpc) is 3.40. The van der Waals surface area contributed by atoms with Crippen molar-refractivity contribution in [3.63, 3.8) is 0 Å². The van der Waals surface area contributed by atoms with Crippen LogP contribution < -0.4 is 40.1 Å². The summed E-state index contributed by atoms with van der Waals surface area (Å²) in [4.78, 5) is 59.2. The van der Waals surface area contributed by atoms with Gasteiger partial charge in [-0.25, -0.2) is 4.98 Å². The standard InChI is InChI=1S/C6H14N4O2.C6H9N3O2.C3H7NO2S.C3H7NO2.C2H5NO2/c7-4(5(11)12)2-1-3-10-6(8)9;7-5(6(10)11)1-4-2-8-3-9-4;4-2(1-7)3(5)6;1-2(4)3(5)6;3-1-2(4)5/h4H,1-3,7H2,(H,11,12)(H4,8,9,10);2-3,5H,1,7H2,(H,8,9)(H,10,11);2,7H,1,4H2,(H,5,6);2H,4H2,1H3,(H,5,6);1,3H2,(H,4,5)/t4-;5-;2*2-;/m0000./s1. The van der Waals surface area contributed by atoms with Crippen LogP contribution in [0.4, 0.5) is 0 Å². The Morgan fingerprint density at radius 3 is 1.59 bits per heavy atom. The van der Waals surface area contributed by atoms with E-state index in [1.807, 2.05) is 0 Å². The summed E-state index contributed by atoms with van der Waals surface area (Å²) in [6.45, 7) is 1.56. The molecule has 20 nitrogen and oxygen atoms in total. The summed E-state index contributed by atoms with van der Waals surface area (Å²) in [6.07, 6.45) is 4.29. The van der Waals surface area contributed by atoms with Crippen LogP contribution in [0.15, 0.2) is 17.5 Å². The average molecular weight is 615 g/mol. The van der Waals surface area contributed by atoms with Crippen molar-refractivity contribution in [3.05, 3.63) is 18.2 Å². The van der Waals surface area contributed by atoms with Gasteiger partial charge in [-0.15, -0.1) is 0 Å². The van der Waals surface area contributed by atoms with Gasteiger partial charge >= 0.3 is 29.8 Å². The summed E-state index contributed by atoms with van der Waals surface area (Å²) >= 11 is 3.65. The molecule has 0 aliphatic rings. The number of aliphatic imine (C=N–C) groups is 1. The molecule has 238 valence electrons. The molecule has 0 saturated heterocycles. The van der Waals surface area contributed by atoms with Gasteiger partial charge in [0.2, 0.25) is 0 Å². The molecule has 21 heteroatoms. The number of hydrogen-bond acceptors (Lipinski definition) is 13. The number of guanidine groups is 1. The Morgan fingerprint density at radius 2 is 1.34 bits per heavy atom. The number of carbonyl (C=O) groups is 5. The molecule has 1 heterocycles. The Morgan fingerprint density at radius 1 is 0.902 bits per heavy atom. The van der Waals surface area contributed by atoms with Crippen molar-refractivity contribution in [2.45, 2.75) is 50.4 Å². The highest BCUT2D eigenvalue weighted by Gasteiger charge is 2.12. The van der Waals surface area contributed by atoms with Gasteiger partial charge < -0.3 is 70.7 Å². The third-order valence-electron chi connectivity index (χ3n) is 3.67. The van der Waals surface area contributed by atoms with Crippen molar-refractivity contribution in [1.29, 1.82) is 0 Å². The first kappa shape index (κ1) is 44.0. The smallest absolute Gasteiger partial charge is 0.321 e. The van der Waals surface area contributed by atoms with Crippen molar-refractivity contribution < 1.29 is 49.5 Å². The summed E-state index contributed by atoms with van der Waals surface area (Å²) < 4.78 is 0. The lowest BCUT2D eigenvalue weighted by Crippen LogP contribution is -2.32. The van der Waals surface area contributed by atoms with Gasteiger partial charge in [0.05, 0.1) is 12.9 Å². The van der Waals surface area contributed by atoms with E-state index in [4.69, 9.17) is 59.9 Å². The van der Waals surface area contributed by atoms with E-state index in [0.717, 1.165) is 5.69 Å². The minimum atomic E-state index is -1.00. The van der Waals surface area contributed by atoms with Crippen LogP contribution >= 0.6 is 12.6 Å². The number of imidazole rings is 1. The molecule has 0 saturated carbocycles. The molecule has 20 N–H and O–H groups in total. The summed E-state index contributed by atoms with van der Waals surface area (Å²) in [7, 11) is 0. The van der Waals surface area contributed by atoms with E-state index in [1.54, 1.807) is 6.20 Å². The molecule has 0 unspecified atom stereocenters. The molecule has 1 aromatic rings. The normalized spacial score (nSPS) is 12.2. The van der Waals surface area contributed by atoms with Crippen LogP contribution in [0.5, 0.6) is 0 Å². The predicted octanol–water partition coefficient (Wildman–Crippen LogP) is -4.41. The van der Waals surface area contributed by atoms with E-state index < -0.39 is 54.0 Å². The van der Waals surface area contributed by atoms with Gasteiger partial charge in [0.1, 0.15) is 24.2 Å². The Kier molecular flexibility index (Phi) is 29.6. The highest BCUT2D eigenvalue weighted by atomic mass is 32.1. The maximum absolute atomic E-state index is 10.3. The second-order valence-corrected chi connectivity index (χ2v) is 7.84. The molecule has 0 aliphatic heterocycles. The Bertz CT molecular complexity index is 899. The summed E-state index contributed by atoms with van der Waals surface area (Å²) in [5.74, 6) is -4.73. The molecule has 0 bridgehead atoms. The lowest BCUT2D eigenvalue weighted by molar-refractivity contribution is -0.139. The van der Waals surface area contributed by atoms with Crippen molar-refractivity contribution in [3.8, 4) is 0 Å². The molecule has 4 atom stereocenters. The summed E-state index contributed by atoms with van der Waals surface area (Å²) in [5.41, 5.74) is 35.7. The number of thiol groups is 1.